The van der Waals surface area contributed by atoms with Gasteiger partial charge in [-0.25, -0.2) is 23.1 Å². The molecule has 178 valence electrons. The van der Waals surface area contributed by atoms with E-state index in [0.29, 0.717) is 24.2 Å². The number of aliphatic hydroxyl groups excluding tert-OH is 1. The van der Waals surface area contributed by atoms with Crippen molar-refractivity contribution in [1.82, 2.24) is 14.7 Å². The summed E-state index contributed by atoms with van der Waals surface area (Å²) in [6, 6.07) is 5.18. The van der Waals surface area contributed by atoms with Crippen molar-refractivity contribution in [3.63, 3.8) is 0 Å². The number of aromatic nitrogens is 2. The first kappa shape index (κ1) is 22.6. The fourth-order valence-electron chi connectivity index (χ4n) is 5.14. The van der Waals surface area contributed by atoms with Crippen LogP contribution in [0, 0.1) is 0 Å². The zero-order valence-corrected chi connectivity index (χ0v) is 19.5. The summed E-state index contributed by atoms with van der Waals surface area (Å²) in [4.78, 5) is 10.7. The Bertz CT molecular complexity index is 1200. The van der Waals surface area contributed by atoms with Gasteiger partial charge in [0.25, 0.3) is 5.92 Å². The number of β-amino-alcohol motifs (C(OH)–C–C–N with tert-alkyl or cyclic N) is 1. The Balaban J connectivity index is 1.60. The molecule has 0 amide bonds. The van der Waals surface area contributed by atoms with Crippen molar-refractivity contribution in [2.45, 2.75) is 69.6 Å². The Labute approximate surface area is 192 Å². The van der Waals surface area contributed by atoms with Crippen LogP contribution in [0.1, 0.15) is 61.0 Å². The van der Waals surface area contributed by atoms with Crippen LogP contribution in [0.3, 0.4) is 0 Å². The third-order valence-electron chi connectivity index (χ3n) is 7.06. The SMILES string of the molecule is C[C@H]1[C@H](O)CN1c1nc(-c2ccc3c(c2)CCCCC3NS(C)(=O)=O)c2c(n1)C(F)(F)CC2. The highest BCUT2D eigenvalue weighted by Crippen LogP contribution is 2.45. The number of fused-ring (bicyclic) bond motifs is 2. The van der Waals surface area contributed by atoms with Gasteiger partial charge in [-0.3, -0.25) is 0 Å². The molecule has 33 heavy (non-hydrogen) atoms. The standard InChI is InChI=1S/C23H28F2N4O3S/c1-13-19(30)12-29(13)22-26-20(17-9-10-23(24,25)21(17)27-22)15-7-8-16-14(11-15)5-3-4-6-18(16)28-33(2,31)32/h7-8,11,13,18-19,28,30H,3-6,9-10,12H2,1-2H3/t13-,18?,19+/m0/s1. The predicted molar refractivity (Wildman–Crippen MR) is 121 cm³/mol. The number of sulfonamides is 1. The lowest BCUT2D eigenvalue weighted by Gasteiger charge is -2.43. The molecule has 5 rings (SSSR count). The normalized spacial score (nSPS) is 26.3. The molecule has 2 aromatic rings. The topological polar surface area (TPSA) is 95.4 Å². The zero-order chi connectivity index (χ0) is 23.5. The van der Waals surface area contributed by atoms with Crippen LogP contribution in [0.4, 0.5) is 14.7 Å². The fraction of sp³-hybridized carbons (Fsp3) is 0.565. The first-order valence-corrected chi connectivity index (χ1v) is 13.3. The molecule has 2 heterocycles. The fourth-order valence-corrected chi connectivity index (χ4v) is 5.90. The molecule has 1 fully saturated rings. The monoisotopic (exact) mass is 478 g/mol. The quantitative estimate of drug-likeness (QED) is 0.656. The molecule has 0 bridgehead atoms. The smallest absolute Gasteiger partial charge is 0.290 e. The number of aryl methyl sites for hydroxylation is 1. The highest BCUT2D eigenvalue weighted by molar-refractivity contribution is 7.88. The van der Waals surface area contributed by atoms with Crippen molar-refractivity contribution < 1.29 is 22.3 Å². The van der Waals surface area contributed by atoms with Crippen LogP contribution in [0.25, 0.3) is 11.3 Å². The van der Waals surface area contributed by atoms with E-state index in [1.165, 1.54) is 0 Å². The van der Waals surface area contributed by atoms with Crippen molar-refractivity contribution in [3.8, 4) is 11.3 Å². The number of nitrogens with zero attached hydrogens (tertiary/aromatic N) is 3. The second-order valence-corrected chi connectivity index (χ2v) is 11.2. The average molecular weight is 479 g/mol. The van der Waals surface area contributed by atoms with Gasteiger partial charge in [-0.1, -0.05) is 18.6 Å². The Kier molecular flexibility index (Phi) is 5.45. The van der Waals surface area contributed by atoms with Crippen molar-refractivity contribution >= 4 is 16.0 Å². The molecule has 1 aromatic carbocycles. The van der Waals surface area contributed by atoms with Gasteiger partial charge in [-0.2, -0.15) is 8.78 Å². The van der Waals surface area contributed by atoms with Crippen LogP contribution >= 0.6 is 0 Å². The van der Waals surface area contributed by atoms with E-state index in [1.807, 2.05) is 25.1 Å². The van der Waals surface area contributed by atoms with Gasteiger partial charge in [0, 0.05) is 30.1 Å². The van der Waals surface area contributed by atoms with Gasteiger partial charge in [0.05, 0.1) is 24.1 Å². The third-order valence-corrected chi connectivity index (χ3v) is 7.77. The summed E-state index contributed by atoms with van der Waals surface area (Å²) in [5, 5.41) is 9.90. The van der Waals surface area contributed by atoms with E-state index in [0.717, 1.165) is 42.2 Å². The van der Waals surface area contributed by atoms with E-state index in [-0.39, 0.29) is 36.6 Å². The van der Waals surface area contributed by atoms with E-state index < -0.39 is 22.0 Å². The average Bonchev–Trinajstić information content (AvgIpc) is 2.93. The molecule has 1 saturated heterocycles. The van der Waals surface area contributed by atoms with Crippen LogP contribution < -0.4 is 9.62 Å². The number of anilines is 1. The molecular formula is C23H28F2N4O3S. The Morgan fingerprint density at radius 3 is 2.70 bits per heavy atom. The van der Waals surface area contributed by atoms with Crippen LogP contribution in [0.15, 0.2) is 18.2 Å². The van der Waals surface area contributed by atoms with Crippen LogP contribution in [0.5, 0.6) is 0 Å². The van der Waals surface area contributed by atoms with Crippen LogP contribution in [-0.4, -0.2) is 48.4 Å². The molecule has 0 saturated carbocycles. The molecule has 0 spiro atoms. The minimum absolute atomic E-state index is 0.200. The molecule has 1 aromatic heterocycles. The summed E-state index contributed by atoms with van der Waals surface area (Å²) >= 11 is 0. The maximum absolute atomic E-state index is 14.7. The zero-order valence-electron chi connectivity index (χ0n) is 18.7. The largest absolute Gasteiger partial charge is 0.389 e. The van der Waals surface area contributed by atoms with Crippen molar-refractivity contribution in [2.75, 3.05) is 17.7 Å². The second-order valence-electron chi connectivity index (χ2n) is 9.47. The number of aliphatic hydroxyl groups is 1. The molecule has 10 heteroatoms. The summed E-state index contributed by atoms with van der Waals surface area (Å²) in [6.07, 6.45) is 3.86. The van der Waals surface area contributed by atoms with Gasteiger partial charge in [0.2, 0.25) is 16.0 Å². The lowest BCUT2D eigenvalue weighted by atomic mass is 9.94. The molecule has 1 aliphatic heterocycles. The first-order valence-electron chi connectivity index (χ1n) is 11.4. The highest BCUT2D eigenvalue weighted by Gasteiger charge is 2.45. The lowest BCUT2D eigenvalue weighted by molar-refractivity contribution is -0.00603. The number of hydrogen-bond acceptors (Lipinski definition) is 6. The highest BCUT2D eigenvalue weighted by atomic mass is 32.2. The minimum atomic E-state index is -3.37. The number of benzene rings is 1. The summed E-state index contributed by atoms with van der Waals surface area (Å²) in [7, 11) is -3.37. The lowest BCUT2D eigenvalue weighted by Crippen LogP contribution is -2.59. The van der Waals surface area contributed by atoms with Gasteiger partial charge in [0.1, 0.15) is 5.69 Å². The Morgan fingerprint density at radius 1 is 1.21 bits per heavy atom. The van der Waals surface area contributed by atoms with Crippen molar-refractivity contribution in [1.29, 1.82) is 0 Å². The van der Waals surface area contributed by atoms with E-state index in [4.69, 9.17) is 4.98 Å². The van der Waals surface area contributed by atoms with Crippen molar-refractivity contribution in [2.24, 2.45) is 0 Å². The second kappa shape index (κ2) is 7.95. The van der Waals surface area contributed by atoms with Crippen LogP contribution in [0.2, 0.25) is 0 Å². The summed E-state index contributed by atoms with van der Waals surface area (Å²) in [6.45, 7) is 2.13. The van der Waals surface area contributed by atoms with Gasteiger partial charge in [-0.05, 0) is 49.8 Å². The molecule has 1 unspecified atom stereocenters. The number of alkyl halides is 2. The Morgan fingerprint density at radius 2 is 2.00 bits per heavy atom. The van der Waals surface area contributed by atoms with Crippen molar-refractivity contribution in [3.05, 3.63) is 40.6 Å². The van der Waals surface area contributed by atoms with E-state index in [9.17, 15) is 22.3 Å². The summed E-state index contributed by atoms with van der Waals surface area (Å²) < 4.78 is 55.8. The van der Waals surface area contributed by atoms with Gasteiger partial charge in [0.15, 0.2) is 0 Å². The summed E-state index contributed by atoms with van der Waals surface area (Å²) in [5.74, 6) is -2.79. The number of rotatable bonds is 4. The first-order chi connectivity index (χ1) is 15.5. The van der Waals surface area contributed by atoms with E-state index in [1.54, 1.807) is 4.90 Å². The molecule has 3 aliphatic rings. The number of hydrogen-bond donors (Lipinski definition) is 2. The third kappa shape index (κ3) is 4.13. The van der Waals surface area contributed by atoms with Gasteiger partial charge >= 0.3 is 0 Å². The van der Waals surface area contributed by atoms with Gasteiger partial charge < -0.3 is 10.0 Å². The maximum atomic E-state index is 14.7. The van der Waals surface area contributed by atoms with Crippen LogP contribution in [-0.2, 0) is 28.8 Å². The molecular weight excluding hydrogens is 450 g/mol. The number of nitrogens with one attached hydrogen (secondary N) is 1. The molecule has 0 radical (unpaired) electrons. The minimum Gasteiger partial charge on any atom is -0.389 e. The summed E-state index contributed by atoms with van der Waals surface area (Å²) in [5.41, 5.74) is 3.43. The molecule has 2 N–H and O–H groups in total. The Hall–Kier alpha value is -2.17. The predicted octanol–water partition coefficient (Wildman–Crippen LogP) is 3.07. The molecule has 2 aliphatic carbocycles. The van der Waals surface area contributed by atoms with Gasteiger partial charge in [-0.15, -0.1) is 0 Å². The van der Waals surface area contributed by atoms with E-state index >= 15 is 0 Å². The maximum Gasteiger partial charge on any atom is 0.290 e. The van der Waals surface area contributed by atoms with E-state index in [2.05, 4.69) is 9.71 Å². The molecule has 3 atom stereocenters. The number of halogens is 2. The molecule has 7 nitrogen and oxygen atoms in total.